The molecule has 2 N–H and O–H groups in total. The third kappa shape index (κ3) is 6.57. The van der Waals surface area contributed by atoms with E-state index in [-0.39, 0.29) is 16.8 Å². The second-order valence-corrected chi connectivity index (χ2v) is 9.53. The highest BCUT2D eigenvalue weighted by Crippen LogP contribution is 2.13. The Labute approximate surface area is 183 Å². The molecule has 1 amide bonds. The zero-order valence-corrected chi connectivity index (χ0v) is 18.7. The molecule has 0 bridgehead atoms. The molecule has 1 heterocycles. The summed E-state index contributed by atoms with van der Waals surface area (Å²) >= 11 is 0. The van der Waals surface area contributed by atoms with Gasteiger partial charge in [0.15, 0.2) is 0 Å². The van der Waals surface area contributed by atoms with Gasteiger partial charge < -0.3 is 5.32 Å². The first kappa shape index (κ1) is 23.3. The second-order valence-electron chi connectivity index (χ2n) is 7.76. The fourth-order valence-corrected chi connectivity index (χ4v) is 4.51. The largest absolute Gasteiger partial charge is 0.325 e. The molecule has 2 aromatic carbocycles. The van der Waals surface area contributed by atoms with Crippen molar-refractivity contribution in [1.29, 1.82) is 0 Å². The van der Waals surface area contributed by atoms with Crippen LogP contribution in [0, 0.1) is 12.7 Å². The number of benzene rings is 2. The number of aryl methyl sites for hydroxylation is 1. The number of amides is 1. The minimum atomic E-state index is -3.51. The molecule has 0 aliphatic carbocycles. The smallest absolute Gasteiger partial charge is 0.241 e. The van der Waals surface area contributed by atoms with Gasteiger partial charge in [-0.15, -0.1) is 0 Å². The van der Waals surface area contributed by atoms with Gasteiger partial charge in [-0.3, -0.25) is 14.6 Å². The molecule has 1 aliphatic rings. The van der Waals surface area contributed by atoms with Crippen molar-refractivity contribution in [2.24, 2.45) is 0 Å². The highest BCUT2D eigenvalue weighted by molar-refractivity contribution is 7.89. The number of anilines is 1. The molecule has 168 valence electrons. The maximum Gasteiger partial charge on any atom is 0.241 e. The van der Waals surface area contributed by atoms with E-state index in [1.165, 1.54) is 12.1 Å². The monoisotopic (exact) mass is 448 g/mol. The van der Waals surface area contributed by atoms with Crippen LogP contribution in [0.5, 0.6) is 0 Å². The van der Waals surface area contributed by atoms with E-state index in [4.69, 9.17) is 0 Å². The Balaban J connectivity index is 1.42. The summed E-state index contributed by atoms with van der Waals surface area (Å²) in [5.74, 6) is -0.568. The molecular formula is C22H29FN4O3S. The van der Waals surface area contributed by atoms with Crippen molar-refractivity contribution in [2.75, 3.05) is 44.6 Å². The first-order valence-corrected chi connectivity index (χ1v) is 11.8. The molecule has 0 radical (unpaired) electrons. The van der Waals surface area contributed by atoms with Crippen LogP contribution < -0.4 is 10.0 Å². The topological polar surface area (TPSA) is 81.8 Å². The molecule has 3 rings (SSSR count). The zero-order chi connectivity index (χ0) is 22.4. The number of piperazine rings is 1. The predicted molar refractivity (Wildman–Crippen MR) is 119 cm³/mol. The van der Waals surface area contributed by atoms with Gasteiger partial charge in [-0.05, 0) is 44.2 Å². The van der Waals surface area contributed by atoms with Crippen LogP contribution in [0.4, 0.5) is 10.1 Å². The van der Waals surface area contributed by atoms with Gasteiger partial charge in [-0.1, -0.05) is 23.8 Å². The summed E-state index contributed by atoms with van der Waals surface area (Å²) < 4.78 is 40.7. The van der Waals surface area contributed by atoms with Gasteiger partial charge in [-0.25, -0.2) is 17.5 Å². The first-order valence-electron chi connectivity index (χ1n) is 10.3. The standard InChI is InChI=1S/C22H29FN4O3S/c1-17-6-8-21(9-7-17)31(29,30)24-10-11-26-12-14-27(15-13-26)18(2)22(28)25-20-5-3-4-19(23)16-20/h3-9,16,18,24H,10-15H2,1-2H3,(H,25,28). The lowest BCUT2D eigenvalue weighted by Gasteiger charge is -2.37. The van der Waals surface area contributed by atoms with E-state index in [1.54, 1.807) is 36.4 Å². The Hall–Kier alpha value is -2.33. The molecule has 1 fully saturated rings. The summed E-state index contributed by atoms with van der Waals surface area (Å²) in [7, 11) is -3.51. The fourth-order valence-electron chi connectivity index (χ4n) is 3.49. The van der Waals surface area contributed by atoms with Crippen molar-refractivity contribution < 1.29 is 17.6 Å². The lowest BCUT2D eigenvalue weighted by molar-refractivity contribution is -0.121. The van der Waals surface area contributed by atoms with Gasteiger partial charge in [0.25, 0.3) is 0 Å². The number of halogens is 1. The maximum atomic E-state index is 13.3. The van der Waals surface area contributed by atoms with Crippen LogP contribution in [0.25, 0.3) is 0 Å². The van der Waals surface area contributed by atoms with E-state index < -0.39 is 15.8 Å². The Kier molecular flexibility index (Phi) is 7.77. The lowest BCUT2D eigenvalue weighted by atomic mass is 10.2. The average Bonchev–Trinajstić information content (AvgIpc) is 2.74. The summed E-state index contributed by atoms with van der Waals surface area (Å²) in [4.78, 5) is 17.0. The third-order valence-electron chi connectivity index (χ3n) is 5.48. The molecular weight excluding hydrogens is 419 g/mol. The maximum absolute atomic E-state index is 13.3. The predicted octanol–water partition coefficient (Wildman–Crippen LogP) is 2.06. The molecule has 0 spiro atoms. The summed E-state index contributed by atoms with van der Waals surface area (Å²) in [6.45, 7) is 7.54. The number of hydrogen-bond acceptors (Lipinski definition) is 5. The summed E-state index contributed by atoms with van der Waals surface area (Å²) in [6.07, 6.45) is 0. The van der Waals surface area contributed by atoms with Gasteiger partial charge in [0, 0.05) is 45.0 Å². The van der Waals surface area contributed by atoms with E-state index in [1.807, 2.05) is 13.8 Å². The van der Waals surface area contributed by atoms with Crippen molar-refractivity contribution in [3.63, 3.8) is 0 Å². The van der Waals surface area contributed by atoms with E-state index in [2.05, 4.69) is 19.8 Å². The normalized spacial score (nSPS) is 16.7. The second kappa shape index (κ2) is 10.3. The molecule has 2 aromatic rings. The van der Waals surface area contributed by atoms with Crippen LogP contribution >= 0.6 is 0 Å². The highest BCUT2D eigenvalue weighted by Gasteiger charge is 2.25. The van der Waals surface area contributed by atoms with Gasteiger partial charge >= 0.3 is 0 Å². The van der Waals surface area contributed by atoms with Crippen LogP contribution in [0.15, 0.2) is 53.4 Å². The minimum Gasteiger partial charge on any atom is -0.325 e. The van der Waals surface area contributed by atoms with E-state index in [0.29, 0.717) is 31.9 Å². The molecule has 0 aromatic heterocycles. The van der Waals surface area contributed by atoms with E-state index in [9.17, 15) is 17.6 Å². The summed E-state index contributed by atoms with van der Waals surface area (Å²) in [5, 5.41) is 2.75. The van der Waals surface area contributed by atoms with Crippen LogP contribution in [0.3, 0.4) is 0 Å². The molecule has 0 saturated carbocycles. The average molecular weight is 449 g/mol. The van der Waals surface area contributed by atoms with Gasteiger partial charge in [-0.2, -0.15) is 0 Å². The van der Waals surface area contributed by atoms with Gasteiger partial charge in [0.05, 0.1) is 10.9 Å². The molecule has 1 atom stereocenters. The number of carbonyl (C=O) groups excluding carboxylic acids is 1. The Bertz CT molecular complexity index is 990. The van der Waals surface area contributed by atoms with Crippen molar-refractivity contribution in [1.82, 2.24) is 14.5 Å². The molecule has 7 nitrogen and oxygen atoms in total. The Morgan fingerprint density at radius 1 is 1.10 bits per heavy atom. The molecule has 31 heavy (non-hydrogen) atoms. The summed E-state index contributed by atoms with van der Waals surface area (Å²) in [5.41, 5.74) is 1.45. The molecule has 1 aliphatic heterocycles. The molecule has 9 heteroatoms. The number of nitrogens with zero attached hydrogens (tertiary/aromatic N) is 2. The van der Waals surface area contributed by atoms with Crippen molar-refractivity contribution >= 4 is 21.6 Å². The number of hydrogen-bond donors (Lipinski definition) is 2. The number of rotatable bonds is 8. The van der Waals surface area contributed by atoms with Crippen molar-refractivity contribution in [3.05, 3.63) is 59.9 Å². The lowest BCUT2D eigenvalue weighted by Crippen LogP contribution is -2.53. The van der Waals surface area contributed by atoms with Crippen molar-refractivity contribution in [2.45, 2.75) is 24.8 Å². The van der Waals surface area contributed by atoms with E-state index in [0.717, 1.165) is 18.7 Å². The Morgan fingerprint density at radius 3 is 2.42 bits per heavy atom. The third-order valence-corrected chi connectivity index (χ3v) is 6.95. The zero-order valence-electron chi connectivity index (χ0n) is 17.8. The molecule has 1 saturated heterocycles. The minimum absolute atomic E-state index is 0.176. The fraction of sp³-hybridized carbons (Fsp3) is 0.409. The first-order chi connectivity index (χ1) is 14.7. The van der Waals surface area contributed by atoms with E-state index >= 15 is 0 Å². The molecule has 1 unspecified atom stereocenters. The highest BCUT2D eigenvalue weighted by atomic mass is 32.2. The number of nitrogens with one attached hydrogen (secondary N) is 2. The Morgan fingerprint density at radius 2 is 1.77 bits per heavy atom. The SMILES string of the molecule is Cc1ccc(S(=O)(=O)NCCN2CCN(C(C)C(=O)Nc3cccc(F)c3)CC2)cc1. The van der Waals surface area contributed by atoms with Gasteiger partial charge in [0.2, 0.25) is 15.9 Å². The van der Waals surface area contributed by atoms with Crippen molar-refractivity contribution in [3.8, 4) is 0 Å². The van der Waals surface area contributed by atoms with Crippen LogP contribution in [0.1, 0.15) is 12.5 Å². The summed E-state index contributed by atoms with van der Waals surface area (Å²) in [6, 6.07) is 12.3. The van der Waals surface area contributed by atoms with Crippen LogP contribution in [0.2, 0.25) is 0 Å². The number of carbonyl (C=O) groups is 1. The number of sulfonamides is 1. The quantitative estimate of drug-likeness (QED) is 0.646. The van der Waals surface area contributed by atoms with Gasteiger partial charge in [0.1, 0.15) is 5.82 Å². The van der Waals surface area contributed by atoms with Crippen LogP contribution in [-0.4, -0.2) is 69.4 Å². The van der Waals surface area contributed by atoms with Crippen LogP contribution in [-0.2, 0) is 14.8 Å².